The Labute approximate surface area is 126 Å². The zero-order valence-electron chi connectivity index (χ0n) is 12.2. The van der Waals surface area contributed by atoms with Crippen molar-refractivity contribution in [2.24, 2.45) is 0 Å². The topological polar surface area (TPSA) is 61.4 Å². The average molecular weight is 317 g/mol. The molecule has 1 fully saturated rings. The van der Waals surface area contributed by atoms with Gasteiger partial charge in [0.1, 0.15) is 0 Å². The Bertz CT molecular complexity index is 497. The van der Waals surface area contributed by atoms with Gasteiger partial charge in [0.05, 0.1) is 5.56 Å². The zero-order valence-corrected chi connectivity index (χ0v) is 12.2. The Morgan fingerprint density at radius 1 is 1.23 bits per heavy atom. The van der Waals surface area contributed by atoms with Crippen LogP contribution in [0.15, 0.2) is 12.4 Å². The highest BCUT2D eigenvalue weighted by atomic mass is 19.4. The van der Waals surface area contributed by atoms with Gasteiger partial charge in [-0.2, -0.15) is 13.2 Å². The number of alkyl halides is 3. The van der Waals surface area contributed by atoms with Crippen LogP contribution in [0.3, 0.4) is 0 Å². The van der Waals surface area contributed by atoms with Crippen molar-refractivity contribution in [2.75, 3.05) is 44.7 Å². The standard InChI is InChI=1S/C13H18F3N5O/c1-17-3-2-11(22)20-4-6-21(7-5-20)12-18-8-10(9-19-12)13(14,15)16/h8-9,17H,2-7H2,1H3. The number of aromatic nitrogens is 2. The normalized spacial score (nSPS) is 16.0. The predicted molar refractivity (Wildman–Crippen MR) is 74.4 cm³/mol. The van der Waals surface area contributed by atoms with E-state index in [9.17, 15) is 18.0 Å². The third-order valence-electron chi connectivity index (χ3n) is 3.47. The first-order valence-electron chi connectivity index (χ1n) is 6.98. The molecule has 1 aromatic heterocycles. The number of anilines is 1. The van der Waals surface area contributed by atoms with Gasteiger partial charge in [-0.1, -0.05) is 0 Å². The van der Waals surface area contributed by atoms with Gasteiger partial charge in [0.15, 0.2) is 0 Å². The molecule has 1 N–H and O–H groups in total. The molecule has 1 aliphatic heterocycles. The highest BCUT2D eigenvalue weighted by Gasteiger charge is 2.32. The summed E-state index contributed by atoms with van der Waals surface area (Å²) in [6.07, 6.45) is -2.43. The quantitative estimate of drug-likeness (QED) is 0.888. The molecule has 122 valence electrons. The van der Waals surface area contributed by atoms with Crippen LogP contribution in [0.5, 0.6) is 0 Å². The highest BCUT2D eigenvalue weighted by Crippen LogP contribution is 2.28. The van der Waals surface area contributed by atoms with Crippen LogP contribution in [0.25, 0.3) is 0 Å². The zero-order chi connectivity index (χ0) is 16.2. The molecule has 0 saturated carbocycles. The van der Waals surface area contributed by atoms with Gasteiger partial charge in [0, 0.05) is 51.5 Å². The lowest BCUT2D eigenvalue weighted by Crippen LogP contribution is -2.49. The fourth-order valence-electron chi connectivity index (χ4n) is 2.18. The van der Waals surface area contributed by atoms with E-state index in [4.69, 9.17) is 0 Å². The van der Waals surface area contributed by atoms with Gasteiger partial charge in [0.2, 0.25) is 11.9 Å². The Hall–Kier alpha value is -1.90. The van der Waals surface area contributed by atoms with E-state index in [1.807, 2.05) is 0 Å². The minimum Gasteiger partial charge on any atom is -0.339 e. The van der Waals surface area contributed by atoms with Crippen LogP contribution >= 0.6 is 0 Å². The molecule has 0 atom stereocenters. The molecule has 1 aromatic rings. The molecular formula is C13H18F3N5O. The van der Waals surface area contributed by atoms with E-state index in [2.05, 4.69) is 15.3 Å². The van der Waals surface area contributed by atoms with Crippen molar-refractivity contribution in [3.63, 3.8) is 0 Å². The maximum absolute atomic E-state index is 12.5. The molecule has 6 nitrogen and oxygen atoms in total. The lowest BCUT2D eigenvalue weighted by molar-refractivity contribution is -0.138. The van der Waals surface area contributed by atoms with E-state index in [0.29, 0.717) is 39.1 Å². The number of nitrogens with one attached hydrogen (secondary N) is 1. The average Bonchev–Trinajstić information content (AvgIpc) is 2.52. The first-order valence-corrected chi connectivity index (χ1v) is 6.98. The molecule has 1 saturated heterocycles. The number of hydrogen-bond donors (Lipinski definition) is 1. The molecule has 1 amide bonds. The van der Waals surface area contributed by atoms with Crippen molar-refractivity contribution in [1.82, 2.24) is 20.2 Å². The molecule has 0 spiro atoms. The molecule has 0 aromatic carbocycles. The fourth-order valence-corrected chi connectivity index (χ4v) is 2.18. The van der Waals surface area contributed by atoms with Gasteiger partial charge in [-0.15, -0.1) is 0 Å². The summed E-state index contributed by atoms with van der Waals surface area (Å²) in [7, 11) is 1.78. The van der Waals surface area contributed by atoms with E-state index in [1.54, 1.807) is 16.8 Å². The minimum absolute atomic E-state index is 0.0716. The number of rotatable bonds is 4. The first-order chi connectivity index (χ1) is 10.4. The van der Waals surface area contributed by atoms with Crippen LogP contribution in [-0.4, -0.2) is 60.5 Å². The second-order valence-corrected chi connectivity index (χ2v) is 4.99. The third kappa shape index (κ3) is 4.06. The van der Waals surface area contributed by atoms with E-state index in [0.717, 1.165) is 12.4 Å². The largest absolute Gasteiger partial charge is 0.419 e. The summed E-state index contributed by atoms with van der Waals surface area (Å²) in [5.41, 5.74) is -0.864. The van der Waals surface area contributed by atoms with Crippen LogP contribution in [-0.2, 0) is 11.0 Å². The molecule has 0 unspecified atom stereocenters. The number of amides is 1. The third-order valence-corrected chi connectivity index (χ3v) is 3.47. The summed E-state index contributed by atoms with van der Waals surface area (Å²) in [6, 6.07) is 0. The van der Waals surface area contributed by atoms with Crippen molar-refractivity contribution in [3.8, 4) is 0 Å². The second kappa shape index (κ2) is 6.91. The Balaban J connectivity index is 1.90. The highest BCUT2D eigenvalue weighted by molar-refractivity contribution is 5.76. The molecule has 0 radical (unpaired) electrons. The summed E-state index contributed by atoms with van der Waals surface area (Å²) in [4.78, 5) is 22.9. The number of hydrogen-bond acceptors (Lipinski definition) is 5. The Morgan fingerprint density at radius 2 is 1.82 bits per heavy atom. The van der Waals surface area contributed by atoms with Crippen LogP contribution in [0.4, 0.5) is 19.1 Å². The summed E-state index contributed by atoms with van der Waals surface area (Å²) in [6.45, 7) is 2.69. The van der Waals surface area contributed by atoms with Crippen molar-refractivity contribution < 1.29 is 18.0 Å². The fraction of sp³-hybridized carbons (Fsp3) is 0.615. The monoisotopic (exact) mass is 317 g/mol. The number of halogens is 3. The maximum atomic E-state index is 12.5. The van der Waals surface area contributed by atoms with Crippen molar-refractivity contribution in [2.45, 2.75) is 12.6 Å². The number of carbonyl (C=O) groups excluding carboxylic acids is 1. The predicted octanol–water partition coefficient (Wildman–Crippen LogP) is 0.754. The summed E-state index contributed by atoms with van der Waals surface area (Å²) in [5, 5.41) is 2.92. The van der Waals surface area contributed by atoms with Crippen molar-refractivity contribution >= 4 is 11.9 Å². The van der Waals surface area contributed by atoms with Gasteiger partial charge < -0.3 is 15.1 Å². The van der Waals surface area contributed by atoms with Gasteiger partial charge in [-0.05, 0) is 7.05 Å². The molecule has 0 bridgehead atoms. The van der Waals surface area contributed by atoms with Crippen molar-refractivity contribution in [3.05, 3.63) is 18.0 Å². The molecule has 2 rings (SSSR count). The summed E-state index contributed by atoms with van der Waals surface area (Å²) >= 11 is 0. The molecule has 1 aliphatic rings. The van der Waals surface area contributed by atoms with Gasteiger partial charge >= 0.3 is 6.18 Å². The lowest BCUT2D eigenvalue weighted by atomic mass is 10.3. The minimum atomic E-state index is -4.43. The molecule has 2 heterocycles. The lowest BCUT2D eigenvalue weighted by Gasteiger charge is -2.34. The number of carbonyl (C=O) groups is 1. The van der Waals surface area contributed by atoms with Crippen LogP contribution in [0.1, 0.15) is 12.0 Å². The van der Waals surface area contributed by atoms with E-state index < -0.39 is 11.7 Å². The van der Waals surface area contributed by atoms with Gasteiger partial charge in [0.25, 0.3) is 0 Å². The van der Waals surface area contributed by atoms with Crippen molar-refractivity contribution in [1.29, 1.82) is 0 Å². The van der Waals surface area contributed by atoms with E-state index in [-0.39, 0.29) is 11.9 Å². The number of piperazine rings is 1. The SMILES string of the molecule is CNCCC(=O)N1CCN(c2ncc(C(F)(F)F)cn2)CC1. The first kappa shape index (κ1) is 16.5. The molecule has 9 heteroatoms. The van der Waals surface area contributed by atoms with Gasteiger partial charge in [-0.25, -0.2) is 9.97 Å². The molecule has 22 heavy (non-hydrogen) atoms. The van der Waals surface area contributed by atoms with Crippen LogP contribution in [0.2, 0.25) is 0 Å². The number of nitrogens with zero attached hydrogens (tertiary/aromatic N) is 4. The van der Waals surface area contributed by atoms with Gasteiger partial charge in [-0.3, -0.25) is 4.79 Å². The van der Waals surface area contributed by atoms with Crippen LogP contribution < -0.4 is 10.2 Å². The smallest absolute Gasteiger partial charge is 0.339 e. The Kier molecular flexibility index (Phi) is 5.17. The maximum Gasteiger partial charge on any atom is 0.419 e. The summed E-state index contributed by atoms with van der Waals surface area (Å²) in [5.74, 6) is 0.331. The second-order valence-electron chi connectivity index (χ2n) is 4.99. The van der Waals surface area contributed by atoms with E-state index in [1.165, 1.54) is 0 Å². The summed E-state index contributed by atoms with van der Waals surface area (Å²) < 4.78 is 37.4. The molecular weight excluding hydrogens is 299 g/mol. The molecule has 0 aliphatic carbocycles. The van der Waals surface area contributed by atoms with E-state index >= 15 is 0 Å². The Morgan fingerprint density at radius 3 is 2.32 bits per heavy atom. The van der Waals surface area contributed by atoms with Crippen LogP contribution in [0, 0.1) is 0 Å².